The van der Waals surface area contributed by atoms with Crippen molar-refractivity contribution in [2.24, 2.45) is 0 Å². The molecule has 5 rings (SSSR count). The van der Waals surface area contributed by atoms with E-state index in [2.05, 4.69) is 32.1 Å². The van der Waals surface area contributed by atoms with Crippen LogP contribution < -0.4 is 14.9 Å². The molecule has 0 saturated carbocycles. The number of benzene rings is 2. The van der Waals surface area contributed by atoms with Gasteiger partial charge in [-0.3, -0.25) is 4.98 Å². The van der Waals surface area contributed by atoms with Gasteiger partial charge in [0.1, 0.15) is 11.5 Å². The van der Waals surface area contributed by atoms with E-state index in [1.54, 1.807) is 23.3 Å². The summed E-state index contributed by atoms with van der Waals surface area (Å²) in [6.45, 7) is 6.72. The van der Waals surface area contributed by atoms with Crippen LogP contribution in [-0.2, 0) is 0 Å². The number of hydrogen-bond acceptors (Lipinski definition) is 6. The van der Waals surface area contributed by atoms with Crippen molar-refractivity contribution in [1.29, 1.82) is 0 Å². The number of halogens is 4. The summed E-state index contributed by atoms with van der Waals surface area (Å²) in [5.41, 5.74) is 4.10. The monoisotopic (exact) mass is 572 g/mol. The van der Waals surface area contributed by atoms with Gasteiger partial charge in [-0.05, 0) is 55.8 Å². The van der Waals surface area contributed by atoms with Crippen molar-refractivity contribution < 1.29 is 17.6 Å². The first-order chi connectivity index (χ1) is 19.4. The summed E-state index contributed by atoms with van der Waals surface area (Å²) in [7, 11) is 0. The molecule has 2 aromatic heterocycles. The van der Waals surface area contributed by atoms with Gasteiger partial charge in [-0.1, -0.05) is 18.9 Å². The number of alkyl halides is 2. The molecule has 0 aliphatic carbocycles. The lowest BCUT2D eigenvalue weighted by Crippen LogP contribution is -2.43. The molecular formula is C29H32F4N6S. The Morgan fingerprint density at radius 2 is 1.62 bits per heavy atom. The maximum absolute atomic E-state index is 15.6. The number of nitrogens with one attached hydrogen (secondary N) is 2. The summed E-state index contributed by atoms with van der Waals surface area (Å²) >= 11 is 1.36. The minimum Gasteiger partial charge on any atom is -0.369 e. The van der Waals surface area contributed by atoms with E-state index >= 15 is 4.39 Å². The van der Waals surface area contributed by atoms with Crippen molar-refractivity contribution in [1.82, 2.24) is 20.1 Å². The van der Waals surface area contributed by atoms with E-state index in [9.17, 15) is 13.2 Å². The Balaban J connectivity index is 0.000000867. The van der Waals surface area contributed by atoms with Crippen molar-refractivity contribution in [3.63, 3.8) is 0 Å². The van der Waals surface area contributed by atoms with Crippen LogP contribution >= 0.6 is 11.9 Å². The van der Waals surface area contributed by atoms with E-state index < -0.39 is 18.1 Å². The Morgan fingerprint density at radius 3 is 2.27 bits per heavy atom. The van der Waals surface area contributed by atoms with Gasteiger partial charge in [-0.25, -0.2) is 22.2 Å². The molecule has 6 nitrogen and oxygen atoms in total. The fraction of sp³-hybridized carbons (Fsp3) is 0.310. The molecule has 2 aromatic carbocycles. The molecule has 0 amide bonds. The molecule has 0 radical (unpaired) electrons. The minimum atomic E-state index is -2.17. The van der Waals surface area contributed by atoms with Crippen LogP contribution in [0.15, 0.2) is 67.1 Å². The summed E-state index contributed by atoms with van der Waals surface area (Å²) in [4.78, 5) is 6.43. The number of pyridine rings is 1. The first-order valence-corrected chi connectivity index (χ1v) is 14.1. The van der Waals surface area contributed by atoms with E-state index in [4.69, 9.17) is 5.10 Å². The van der Waals surface area contributed by atoms with Crippen LogP contribution in [0.3, 0.4) is 0 Å². The van der Waals surface area contributed by atoms with Crippen LogP contribution in [0.5, 0.6) is 0 Å². The SMILES string of the molecule is CC(F)F.CCCSNc1cc(F)cc(-c2cn(-c3ccc(N4CCNCC4)cc3)nc2-c2ccncc2)c1F. The molecule has 1 saturated heterocycles. The van der Waals surface area contributed by atoms with Gasteiger partial charge in [0.25, 0.3) is 0 Å². The van der Waals surface area contributed by atoms with Gasteiger partial charge in [0.2, 0.25) is 6.43 Å². The van der Waals surface area contributed by atoms with Crippen LogP contribution in [0.25, 0.3) is 28.1 Å². The van der Waals surface area contributed by atoms with E-state index in [0.29, 0.717) is 11.3 Å². The Kier molecular flexibility index (Phi) is 10.4. The van der Waals surface area contributed by atoms with Gasteiger partial charge in [0.15, 0.2) is 5.82 Å². The predicted molar refractivity (Wildman–Crippen MR) is 155 cm³/mol. The smallest absolute Gasteiger partial charge is 0.235 e. The lowest BCUT2D eigenvalue weighted by molar-refractivity contribution is 0.171. The largest absolute Gasteiger partial charge is 0.369 e. The van der Waals surface area contributed by atoms with E-state index in [0.717, 1.165) is 62.2 Å². The fourth-order valence-corrected chi connectivity index (χ4v) is 4.87. The van der Waals surface area contributed by atoms with Gasteiger partial charge in [0, 0.05) is 79.0 Å². The Hall–Kier alpha value is -3.57. The molecule has 212 valence electrons. The molecule has 2 N–H and O–H groups in total. The molecule has 0 atom stereocenters. The van der Waals surface area contributed by atoms with Gasteiger partial charge >= 0.3 is 0 Å². The molecule has 0 spiro atoms. The molecule has 11 heteroatoms. The zero-order valence-electron chi connectivity index (χ0n) is 22.4. The zero-order chi connectivity index (χ0) is 28.5. The molecule has 1 aliphatic heterocycles. The lowest BCUT2D eigenvalue weighted by Gasteiger charge is -2.29. The molecule has 1 fully saturated rings. The standard InChI is InChI=1S/C27H28F2N6S.C2H4F2/c1-2-15-36-33-25-17-20(28)16-23(26(25)29)24-18-35(32-27(24)19-7-9-30-10-8-19)22-5-3-21(4-6-22)34-13-11-31-12-14-34;1-2(3)4/h3-10,16-18,31,33H,2,11-15H2,1H3;2H,1H3. The average molecular weight is 573 g/mol. The molecule has 40 heavy (non-hydrogen) atoms. The van der Waals surface area contributed by atoms with Crippen molar-refractivity contribution >= 4 is 23.3 Å². The van der Waals surface area contributed by atoms with Crippen LogP contribution in [-0.4, -0.2) is 53.1 Å². The third kappa shape index (κ3) is 7.54. The lowest BCUT2D eigenvalue weighted by atomic mass is 10.0. The van der Waals surface area contributed by atoms with Crippen LogP contribution in [0.2, 0.25) is 0 Å². The summed E-state index contributed by atoms with van der Waals surface area (Å²) in [5.74, 6) is -0.237. The van der Waals surface area contributed by atoms with Crippen LogP contribution in [0.1, 0.15) is 20.3 Å². The number of piperazine rings is 1. The second kappa shape index (κ2) is 14.2. The fourth-order valence-electron chi connectivity index (χ4n) is 4.26. The minimum absolute atomic E-state index is 0.122. The number of hydrogen-bond donors (Lipinski definition) is 2. The normalized spacial score (nSPS) is 13.2. The highest BCUT2D eigenvalue weighted by Gasteiger charge is 2.21. The highest BCUT2D eigenvalue weighted by Crippen LogP contribution is 2.37. The highest BCUT2D eigenvalue weighted by molar-refractivity contribution is 8.00. The number of rotatable bonds is 8. The predicted octanol–water partition coefficient (Wildman–Crippen LogP) is 7.03. The Morgan fingerprint density at radius 1 is 0.975 bits per heavy atom. The summed E-state index contributed by atoms with van der Waals surface area (Å²) < 4.78 is 55.6. The molecule has 0 bridgehead atoms. The summed E-state index contributed by atoms with van der Waals surface area (Å²) in [5, 5.41) is 8.16. The number of nitrogens with zero attached hydrogens (tertiary/aromatic N) is 4. The zero-order valence-corrected chi connectivity index (χ0v) is 23.2. The molecule has 3 heterocycles. The number of anilines is 2. The molecule has 1 aliphatic rings. The first-order valence-electron chi connectivity index (χ1n) is 13.1. The first kappa shape index (κ1) is 29.4. The molecule has 4 aromatic rings. The number of aromatic nitrogens is 3. The van der Waals surface area contributed by atoms with E-state index in [1.165, 1.54) is 24.1 Å². The topological polar surface area (TPSA) is 58.0 Å². The quantitative estimate of drug-likeness (QED) is 0.134. The maximum Gasteiger partial charge on any atom is 0.235 e. The van der Waals surface area contributed by atoms with Crippen molar-refractivity contribution in [2.45, 2.75) is 26.7 Å². The second-order valence-corrected chi connectivity index (χ2v) is 10.0. The third-order valence-electron chi connectivity index (χ3n) is 6.08. The Bertz CT molecular complexity index is 1360. The average Bonchev–Trinajstić information content (AvgIpc) is 3.41. The molecular weight excluding hydrogens is 540 g/mol. The van der Waals surface area contributed by atoms with Gasteiger partial charge in [-0.15, -0.1) is 0 Å². The van der Waals surface area contributed by atoms with Gasteiger partial charge in [0.05, 0.1) is 11.4 Å². The van der Waals surface area contributed by atoms with Crippen LogP contribution in [0.4, 0.5) is 28.9 Å². The van der Waals surface area contributed by atoms with E-state index in [1.807, 2.05) is 31.2 Å². The van der Waals surface area contributed by atoms with Gasteiger partial charge in [-0.2, -0.15) is 5.10 Å². The second-order valence-electron chi connectivity index (χ2n) is 9.11. The summed E-state index contributed by atoms with van der Waals surface area (Å²) in [6.07, 6.45) is 3.84. The third-order valence-corrected chi connectivity index (χ3v) is 7.06. The Labute approximate surface area is 235 Å². The molecule has 0 unspecified atom stereocenters. The van der Waals surface area contributed by atoms with E-state index in [-0.39, 0.29) is 11.3 Å². The summed E-state index contributed by atoms with van der Waals surface area (Å²) in [6, 6.07) is 14.2. The van der Waals surface area contributed by atoms with Crippen molar-refractivity contribution in [3.8, 4) is 28.1 Å². The van der Waals surface area contributed by atoms with Gasteiger partial charge < -0.3 is 14.9 Å². The maximum atomic E-state index is 15.6. The van der Waals surface area contributed by atoms with Crippen molar-refractivity contribution in [2.75, 3.05) is 41.6 Å². The highest BCUT2D eigenvalue weighted by atomic mass is 32.2. The van der Waals surface area contributed by atoms with Crippen LogP contribution in [0, 0.1) is 11.6 Å². The van der Waals surface area contributed by atoms with Crippen molar-refractivity contribution in [3.05, 3.63) is 78.8 Å².